The number of pyridine rings is 2. The topological polar surface area (TPSA) is 84.7 Å². The zero-order valence-electron chi connectivity index (χ0n) is 17.1. The zero-order valence-corrected chi connectivity index (χ0v) is 17.1. The van der Waals surface area contributed by atoms with Crippen molar-refractivity contribution in [1.29, 1.82) is 0 Å². The second kappa shape index (κ2) is 9.91. The van der Waals surface area contributed by atoms with Gasteiger partial charge in [0.25, 0.3) is 0 Å². The number of carbonyl (C=O) groups excluding carboxylic acids is 1. The molecule has 156 valence electrons. The van der Waals surface area contributed by atoms with E-state index in [0.717, 1.165) is 34.0 Å². The van der Waals surface area contributed by atoms with E-state index in [2.05, 4.69) is 15.0 Å². The van der Waals surface area contributed by atoms with Gasteiger partial charge in [0.2, 0.25) is 5.90 Å². The molecule has 0 atom stereocenters. The first-order valence-electron chi connectivity index (χ1n) is 10.3. The van der Waals surface area contributed by atoms with Crippen molar-refractivity contribution in [3.05, 3.63) is 84.2 Å². The van der Waals surface area contributed by atoms with Gasteiger partial charge in [-0.15, -0.1) is 0 Å². The van der Waals surface area contributed by atoms with Crippen LogP contribution in [0, 0.1) is 0 Å². The summed E-state index contributed by atoms with van der Waals surface area (Å²) in [7, 11) is 0. The Morgan fingerprint density at radius 2 is 1.55 bits per heavy atom. The van der Waals surface area contributed by atoms with E-state index < -0.39 is 0 Å². The van der Waals surface area contributed by atoms with E-state index in [1.54, 1.807) is 6.07 Å². The normalized spacial score (nSPS) is 12.7. The highest BCUT2D eigenvalue weighted by molar-refractivity contribution is 5.96. The highest BCUT2D eigenvalue weighted by Crippen LogP contribution is 2.14. The molecule has 6 heteroatoms. The molecule has 0 bridgehead atoms. The van der Waals surface area contributed by atoms with E-state index >= 15 is 0 Å². The van der Waals surface area contributed by atoms with E-state index in [1.165, 1.54) is 0 Å². The van der Waals surface area contributed by atoms with Crippen molar-refractivity contribution >= 4 is 33.5 Å². The molecule has 1 N–H and O–H groups in total. The van der Waals surface area contributed by atoms with Crippen molar-refractivity contribution in [2.75, 3.05) is 19.8 Å². The SMILES string of the molecule is O=C(CCCO)c1ccc2ccccc2n1.c1ccc2nc(C3=NCCO3)ccc2c1. The molecule has 1 aliphatic rings. The van der Waals surface area contributed by atoms with Crippen LogP contribution in [0.15, 0.2) is 77.8 Å². The number of aromatic nitrogens is 2. The van der Waals surface area contributed by atoms with Gasteiger partial charge in [-0.2, -0.15) is 0 Å². The Hall–Kier alpha value is -3.64. The van der Waals surface area contributed by atoms with Gasteiger partial charge in [-0.05, 0) is 30.7 Å². The molecular weight excluding hydrogens is 390 g/mol. The summed E-state index contributed by atoms with van der Waals surface area (Å²) in [5.74, 6) is 0.653. The van der Waals surface area contributed by atoms with Crippen LogP contribution >= 0.6 is 0 Å². The quantitative estimate of drug-likeness (QED) is 0.496. The Morgan fingerprint density at radius 1 is 0.871 bits per heavy atom. The molecule has 0 saturated heterocycles. The Balaban J connectivity index is 0.000000149. The molecule has 0 aliphatic carbocycles. The van der Waals surface area contributed by atoms with Gasteiger partial charge < -0.3 is 9.84 Å². The number of Topliss-reactive ketones (excluding diaryl/α,β-unsaturated/α-hetero) is 1. The second-order valence-electron chi connectivity index (χ2n) is 7.06. The lowest BCUT2D eigenvalue weighted by Gasteiger charge is -2.02. The highest BCUT2D eigenvalue weighted by Gasteiger charge is 2.11. The predicted molar refractivity (Wildman–Crippen MR) is 121 cm³/mol. The molecule has 1 aliphatic heterocycles. The first-order chi connectivity index (χ1) is 15.2. The van der Waals surface area contributed by atoms with Crippen LogP contribution in [0.2, 0.25) is 0 Å². The maximum atomic E-state index is 11.7. The Morgan fingerprint density at radius 3 is 2.23 bits per heavy atom. The van der Waals surface area contributed by atoms with Gasteiger partial charge in [0.05, 0.1) is 17.6 Å². The Labute approximate surface area is 180 Å². The molecule has 6 nitrogen and oxygen atoms in total. The second-order valence-corrected chi connectivity index (χ2v) is 7.06. The first kappa shape index (κ1) is 20.6. The van der Waals surface area contributed by atoms with Gasteiger partial charge in [-0.25, -0.2) is 15.0 Å². The minimum atomic E-state index is -0.0141. The van der Waals surface area contributed by atoms with Crippen molar-refractivity contribution in [2.45, 2.75) is 12.8 Å². The summed E-state index contributed by atoms with van der Waals surface area (Å²) in [5.41, 5.74) is 3.11. The minimum Gasteiger partial charge on any atom is -0.474 e. The summed E-state index contributed by atoms with van der Waals surface area (Å²) in [6.45, 7) is 1.45. The maximum absolute atomic E-state index is 11.7. The lowest BCUT2D eigenvalue weighted by Crippen LogP contribution is -2.03. The number of rotatable bonds is 5. The standard InChI is InChI=1S/C13H13NO2.C12H10N2O/c15-9-3-6-13(16)12-8-7-10-4-1-2-5-11(10)14-12;1-2-4-10-9(3-1)5-6-11(14-10)12-13-7-8-15-12/h1-2,4-5,7-8,15H,3,6,9H2;1-6H,7-8H2. The lowest BCUT2D eigenvalue weighted by atomic mass is 10.1. The molecule has 3 heterocycles. The molecule has 2 aromatic heterocycles. The summed E-state index contributed by atoms with van der Waals surface area (Å²) in [5, 5.41) is 10.8. The van der Waals surface area contributed by atoms with E-state index in [9.17, 15) is 4.79 Å². The van der Waals surface area contributed by atoms with Crippen LogP contribution in [0.3, 0.4) is 0 Å². The molecule has 0 amide bonds. The van der Waals surface area contributed by atoms with Crippen molar-refractivity contribution in [1.82, 2.24) is 9.97 Å². The fraction of sp³-hybridized carbons (Fsp3) is 0.200. The van der Waals surface area contributed by atoms with Crippen molar-refractivity contribution in [3.63, 3.8) is 0 Å². The van der Waals surface area contributed by atoms with Gasteiger partial charge >= 0.3 is 0 Å². The van der Waals surface area contributed by atoms with Crippen LogP contribution in [0.4, 0.5) is 0 Å². The number of fused-ring (bicyclic) bond motifs is 2. The fourth-order valence-electron chi connectivity index (χ4n) is 3.26. The smallest absolute Gasteiger partial charge is 0.235 e. The van der Waals surface area contributed by atoms with Crippen LogP contribution in [0.25, 0.3) is 21.8 Å². The summed E-state index contributed by atoms with van der Waals surface area (Å²) in [6.07, 6.45) is 0.842. The van der Waals surface area contributed by atoms with E-state index in [4.69, 9.17) is 9.84 Å². The lowest BCUT2D eigenvalue weighted by molar-refractivity contribution is 0.0967. The summed E-state index contributed by atoms with van der Waals surface area (Å²) < 4.78 is 5.38. The number of nitrogens with zero attached hydrogens (tertiary/aromatic N) is 3. The largest absolute Gasteiger partial charge is 0.474 e. The van der Waals surface area contributed by atoms with Crippen LogP contribution in [-0.2, 0) is 4.74 Å². The molecule has 0 fully saturated rings. The molecule has 0 spiro atoms. The monoisotopic (exact) mass is 413 g/mol. The third kappa shape index (κ3) is 5.10. The molecule has 31 heavy (non-hydrogen) atoms. The van der Waals surface area contributed by atoms with Crippen molar-refractivity contribution in [3.8, 4) is 0 Å². The third-order valence-corrected chi connectivity index (χ3v) is 4.85. The number of para-hydroxylation sites is 2. The molecule has 0 unspecified atom stereocenters. The van der Waals surface area contributed by atoms with Crippen LogP contribution in [-0.4, -0.2) is 46.5 Å². The zero-order chi connectivity index (χ0) is 21.5. The molecule has 0 radical (unpaired) electrons. The van der Waals surface area contributed by atoms with Gasteiger partial charge in [0, 0.05) is 23.8 Å². The number of aliphatic imine (C=N–C) groups is 1. The minimum absolute atomic E-state index is 0.0141. The predicted octanol–water partition coefficient (Wildman–Crippen LogP) is 4.20. The average molecular weight is 413 g/mol. The number of ether oxygens (including phenoxy) is 1. The van der Waals surface area contributed by atoms with Gasteiger partial charge in [-0.1, -0.05) is 48.5 Å². The first-order valence-corrected chi connectivity index (χ1v) is 10.3. The van der Waals surface area contributed by atoms with Crippen molar-refractivity contribution in [2.24, 2.45) is 4.99 Å². The van der Waals surface area contributed by atoms with E-state index in [0.29, 0.717) is 31.0 Å². The number of aliphatic hydroxyl groups excluding tert-OH is 1. The third-order valence-electron chi connectivity index (χ3n) is 4.85. The van der Waals surface area contributed by atoms with Crippen molar-refractivity contribution < 1.29 is 14.6 Å². The molecule has 4 aromatic rings. The van der Waals surface area contributed by atoms with Gasteiger partial charge in [0.15, 0.2) is 5.78 Å². The van der Waals surface area contributed by atoms with Gasteiger partial charge in [0.1, 0.15) is 18.0 Å². The van der Waals surface area contributed by atoms with Crippen LogP contribution in [0.1, 0.15) is 29.0 Å². The molecule has 0 saturated carbocycles. The number of carbonyl (C=O) groups is 1. The van der Waals surface area contributed by atoms with Crippen LogP contribution < -0.4 is 0 Å². The van der Waals surface area contributed by atoms with E-state index in [1.807, 2.05) is 66.7 Å². The number of ketones is 1. The summed E-state index contributed by atoms with van der Waals surface area (Å²) in [4.78, 5) is 24.7. The Bertz CT molecular complexity index is 1240. The average Bonchev–Trinajstić information content (AvgIpc) is 3.37. The molecule has 5 rings (SSSR count). The Kier molecular flexibility index (Phi) is 6.59. The molecule has 2 aromatic carbocycles. The van der Waals surface area contributed by atoms with E-state index in [-0.39, 0.29) is 12.4 Å². The maximum Gasteiger partial charge on any atom is 0.235 e. The number of aliphatic hydroxyl groups is 1. The molecular formula is C25H23N3O3. The summed E-state index contributed by atoms with van der Waals surface area (Å²) >= 11 is 0. The summed E-state index contributed by atoms with van der Waals surface area (Å²) in [6, 6.07) is 23.4. The van der Waals surface area contributed by atoms with Crippen LogP contribution in [0.5, 0.6) is 0 Å². The highest BCUT2D eigenvalue weighted by atomic mass is 16.5. The fourth-order valence-corrected chi connectivity index (χ4v) is 3.26. The number of benzene rings is 2. The van der Waals surface area contributed by atoms with Gasteiger partial charge in [-0.3, -0.25) is 4.79 Å². The number of hydrogen-bond acceptors (Lipinski definition) is 6. The number of hydrogen-bond donors (Lipinski definition) is 1.